The molecule has 1 aliphatic heterocycles. The van der Waals surface area contributed by atoms with Crippen molar-refractivity contribution in [2.75, 3.05) is 27.2 Å². The van der Waals surface area contributed by atoms with Gasteiger partial charge in [-0.1, -0.05) is 27.7 Å². The molecule has 3 heteroatoms. The fourth-order valence-electron chi connectivity index (χ4n) is 1.03. The summed E-state index contributed by atoms with van der Waals surface area (Å²) in [6.45, 7) is 9.81. The summed E-state index contributed by atoms with van der Waals surface area (Å²) in [5, 5.41) is 0. The minimum Gasteiger partial charge on any atom is -0.328 e. The highest BCUT2D eigenvalue weighted by Crippen LogP contribution is 2.02. The van der Waals surface area contributed by atoms with Crippen LogP contribution in [0.2, 0.25) is 0 Å². The Balaban J connectivity index is 0. The molecule has 1 rings (SSSR count). The van der Waals surface area contributed by atoms with Gasteiger partial charge in [0, 0.05) is 27.2 Å². The van der Waals surface area contributed by atoms with E-state index in [1.165, 1.54) is 0 Å². The van der Waals surface area contributed by atoms with Gasteiger partial charge in [0.25, 0.3) is 0 Å². The molecule has 1 fully saturated rings. The molecule has 0 atom stereocenters. The maximum atomic E-state index is 11.0. The second kappa shape index (κ2) is 9.36. The van der Waals surface area contributed by atoms with Gasteiger partial charge >= 0.3 is 6.03 Å². The van der Waals surface area contributed by atoms with Crippen LogP contribution in [0.25, 0.3) is 0 Å². The summed E-state index contributed by atoms with van der Waals surface area (Å²) >= 11 is 0. The molecule has 0 spiro atoms. The van der Waals surface area contributed by atoms with Gasteiger partial charge in [0.15, 0.2) is 0 Å². The lowest BCUT2D eigenvalue weighted by Crippen LogP contribution is -2.44. The van der Waals surface area contributed by atoms with E-state index in [1.54, 1.807) is 9.80 Å². The molecule has 3 nitrogen and oxygen atoms in total. The van der Waals surface area contributed by atoms with E-state index in [0.717, 1.165) is 19.5 Å². The Morgan fingerprint density at radius 1 is 0.923 bits per heavy atom. The Hall–Kier alpha value is -0.730. The van der Waals surface area contributed by atoms with Crippen molar-refractivity contribution < 1.29 is 4.79 Å². The van der Waals surface area contributed by atoms with Gasteiger partial charge in [-0.3, -0.25) is 0 Å². The van der Waals surface area contributed by atoms with Crippen LogP contribution < -0.4 is 0 Å². The van der Waals surface area contributed by atoms with Gasteiger partial charge in [0.05, 0.1) is 0 Å². The van der Waals surface area contributed by atoms with E-state index >= 15 is 0 Å². The Morgan fingerprint density at radius 2 is 1.23 bits per heavy atom. The van der Waals surface area contributed by atoms with E-state index in [9.17, 15) is 4.79 Å². The molecule has 1 saturated heterocycles. The molecule has 0 N–H and O–H groups in total. The highest BCUT2D eigenvalue weighted by molar-refractivity contribution is 5.74. The van der Waals surface area contributed by atoms with Crippen molar-refractivity contribution in [2.24, 2.45) is 0 Å². The fourth-order valence-corrected chi connectivity index (χ4v) is 1.03. The molecule has 0 aliphatic carbocycles. The van der Waals surface area contributed by atoms with Crippen LogP contribution in [-0.2, 0) is 0 Å². The predicted octanol–water partition coefficient (Wildman–Crippen LogP) is 2.43. The van der Waals surface area contributed by atoms with Crippen LogP contribution in [-0.4, -0.2) is 43.0 Å². The Kier molecular flexibility index (Phi) is 10.6. The topological polar surface area (TPSA) is 23.6 Å². The average Bonchev–Trinajstić information content (AvgIpc) is 2.20. The van der Waals surface area contributed by atoms with E-state index in [4.69, 9.17) is 0 Å². The van der Waals surface area contributed by atoms with Crippen molar-refractivity contribution in [1.29, 1.82) is 0 Å². The van der Waals surface area contributed by atoms with Crippen LogP contribution in [0.3, 0.4) is 0 Å². The van der Waals surface area contributed by atoms with Gasteiger partial charge in [-0.2, -0.15) is 0 Å². The molecule has 13 heavy (non-hydrogen) atoms. The molecule has 0 saturated carbocycles. The van der Waals surface area contributed by atoms with E-state index in [0.29, 0.717) is 0 Å². The zero-order valence-electron chi connectivity index (χ0n) is 9.92. The summed E-state index contributed by atoms with van der Waals surface area (Å²) in [6, 6.07) is 0.140. The highest BCUT2D eigenvalue weighted by Gasteiger charge is 2.17. The number of urea groups is 1. The van der Waals surface area contributed by atoms with Crippen molar-refractivity contribution in [1.82, 2.24) is 9.80 Å². The van der Waals surface area contributed by atoms with Crippen molar-refractivity contribution in [3.63, 3.8) is 0 Å². The first-order valence-electron chi connectivity index (χ1n) is 5.18. The molecular formula is C10H24N2O. The normalized spacial score (nSPS) is 15.4. The maximum Gasteiger partial charge on any atom is 0.319 e. The molecule has 0 radical (unpaired) electrons. The van der Waals surface area contributed by atoms with Gasteiger partial charge in [-0.15, -0.1) is 0 Å². The van der Waals surface area contributed by atoms with Crippen LogP contribution in [0.1, 0.15) is 34.1 Å². The summed E-state index contributed by atoms with van der Waals surface area (Å²) in [7, 11) is 3.66. The van der Waals surface area contributed by atoms with Crippen molar-refractivity contribution >= 4 is 6.03 Å². The third-order valence-corrected chi connectivity index (χ3v) is 1.64. The van der Waals surface area contributed by atoms with Crippen LogP contribution in [0.4, 0.5) is 4.79 Å². The Bertz CT molecular complexity index is 114. The molecular weight excluding hydrogens is 164 g/mol. The minimum absolute atomic E-state index is 0.140. The third-order valence-electron chi connectivity index (χ3n) is 1.64. The lowest BCUT2D eigenvalue weighted by Gasteiger charge is -2.30. The first-order chi connectivity index (χ1) is 6.22. The molecule has 0 bridgehead atoms. The van der Waals surface area contributed by atoms with Crippen LogP contribution in [0, 0.1) is 0 Å². The summed E-state index contributed by atoms with van der Waals surface area (Å²) in [6.07, 6.45) is 1.10. The van der Waals surface area contributed by atoms with Gasteiger partial charge in [-0.05, 0) is 6.42 Å². The number of amides is 2. The maximum absolute atomic E-state index is 11.0. The lowest BCUT2D eigenvalue weighted by atomic mass is 10.3. The summed E-state index contributed by atoms with van der Waals surface area (Å²) in [4.78, 5) is 14.5. The molecule has 0 aromatic heterocycles. The number of rotatable bonds is 0. The largest absolute Gasteiger partial charge is 0.328 e. The SMILES string of the molecule is CC.CC.CN1CCCN(C)C1=O. The first-order valence-corrected chi connectivity index (χ1v) is 5.18. The third kappa shape index (κ3) is 5.50. The summed E-state index contributed by atoms with van der Waals surface area (Å²) < 4.78 is 0. The number of nitrogens with zero attached hydrogens (tertiary/aromatic N) is 2. The molecule has 0 unspecified atom stereocenters. The van der Waals surface area contributed by atoms with E-state index < -0.39 is 0 Å². The second-order valence-corrected chi connectivity index (χ2v) is 2.48. The van der Waals surface area contributed by atoms with Crippen molar-refractivity contribution in [3.05, 3.63) is 0 Å². The number of hydrogen-bond acceptors (Lipinski definition) is 1. The molecule has 1 heterocycles. The number of carbonyl (C=O) groups is 1. The summed E-state index contributed by atoms with van der Waals surface area (Å²) in [5.74, 6) is 0. The van der Waals surface area contributed by atoms with Crippen LogP contribution >= 0.6 is 0 Å². The van der Waals surface area contributed by atoms with Crippen molar-refractivity contribution in [2.45, 2.75) is 34.1 Å². The van der Waals surface area contributed by atoms with E-state index in [2.05, 4.69) is 0 Å². The number of carbonyl (C=O) groups excluding carboxylic acids is 1. The second-order valence-electron chi connectivity index (χ2n) is 2.48. The molecule has 0 aromatic carbocycles. The standard InChI is InChI=1S/C6H12N2O.2C2H6/c1-7-4-3-5-8(2)6(7)9;2*1-2/h3-5H2,1-2H3;2*1-2H3. The van der Waals surface area contributed by atoms with Gasteiger partial charge in [-0.25, -0.2) is 4.79 Å². The summed E-state index contributed by atoms with van der Waals surface area (Å²) in [5.41, 5.74) is 0. The Morgan fingerprint density at radius 3 is 1.46 bits per heavy atom. The van der Waals surface area contributed by atoms with Crippen LogP contribution in [0.5, 0.6) is 0 Å². The molecule has 80 valence electrons. The Labute approximate surface area is 82.7 Å². The van der Waals surface area contributed by atoms with E-state index in [1.807, 2.05) is 41.8 Å². The molecule has 0 aromatic rings. The quantitative estimate of drug-likeness (QED) is 0.572. The van der Waals surface area contributed by atoms with E-state index in [-0.39, 0.29) is 6.03 Å². The minimum atomic E-state index is 0.140. The zero-order chi connectivity index (χ0) is 10.9. The van der Waals surface area contributed by atoms with Crippen molar-refractivity contribution in [3.8, 4) is 0 Å². The lowest BCUT2D eigenvalue weighted by molar-refractivity contribution is 0.153. The zero-order valence-corrected chi connectivity index (χ0v) is 9.92. The number of hydrogen-bond donors (Lipinski definition) is 0. The van der Waals surface area contributed by atoms with Crippen LogP contribution in [0.15, 0.2) is 0 Å². The average molecular weight is 188 g/mol. The smallest absolute Gasteiger partial charge is 0.319 e. The van der Waals surface area contributed by atoms with Gasteiger partial charge in [0.2, 0.25) is 0 Å². The first kappa shape index (κ1) is 14.8. The monoisotopic (exact) mass is 188 g/mol. The van der Waals surface area contributed by atoms with Gasteiger partial charge < -0.3 is 9.80 Å². The predicted molar refractivity (Wildman–Crippen MR) is 58.0 cm³/mol. The molecule has 1 aliphatic rings. The highest BCUT2D eigenvalue weighted by atomic mass is 16.2. The van der Waals surface area contributed by atoms with Gasteiger partial charge in [0.1, 0.15) is 0 Å². The molecule has 2 amide bonds. The fraction of sp³-hybridized carbons (Fsp3) is 0.900.